The molecule has 5 heteroatoms. The van der Waals surface area contributed by atoms with E-state index in [2.05, 4.69) is 5.32 Å². The largest absolute Gasteiger partial charge is 0.494 e. The predicted molar refractivity (Wildman–Crippen MR) is 129 cm³/mol. The lowest BCUT2D eigenvalue weighted by molar-refractivity contribution is -0.132. The highest BCUT2D eigenvalue weighted by Crippen LogP contribution is 2.33. The number of hydrogen-bond acceptors (Lipinski definition) is 3. The number of nitrogens with zero attached hydrogens (tertiary/aromatic N) is 1. The Labute approximate surface area is 195 Å². The molecular formula is C28H30N2O3. The summed E-state index contributed by atoms with van der Waals surface area (Å²) in [6.45, 7) is 7.14. The van der Waals surface area contributed by atoms with Gasteiger partial charge in [0, 0.05) is 25.1 Å². The normalized spacial score (nSPS) is 17.4. The van der Waals surface area contributed by atoms with E-state index in [1.54, 1.807) is 4.90 Å². The molecule has 0 unspecified atom stereocenters. The molecule has 5 nitrogen and oxygen atoms in total. The van der Waals surface area contributed by atoms with Crippen molar-refractivity contribution in [2.45, 2.75) is 45.8 Å². The summed E-state index contributed by atoms with van der Waals surface area (Å²) >= 11 is 0. The number of fused-ring (bicyclic) bond motifs is 1. The van der Waals surface area contributed by atoms with Gasteiger partial charge < -0.3 is 15.0 Å². The summed E-state index contributed by atoms with van der Waals surface area (Å²) < 4.78 is 5.63. The number of hydrogen-bond donors (Lipinski definition) is 1. The maximum Gasteiger partial charge on any atom is 0.255 e. The van der Waals surface area contributed by atoms with Crippen molar-refractivity contribution in [2.75, 3.05) is 6.61 Å². The average Bonchev–Trinajstić information content (AvgIpc) is 2.81. The molecule has 4 rings (SSSR count). The highest BCUT2D eigenvalue weighted by atomic mass is 16.5. The zero-order valence-electron chi connectivity index (χ0n) is 19.4. The molecule has 0 spiro atoms. The molecule has 0 bridgehead atoms. The van der Waals surface area contributed by atoms with Crippen LogP contribution >= 0.6 is 0 Å². The van der Waals surface area contributed by atoms with Gasteiger partial charge in [-0.25, -0.2) is 0 Å². The molecule has 1 aliphatic rings. The van der Waals surface area contributed by atoms with E-state index < -0.39 is 5.54 Å². The number of rotatable bonds is 7. The molecule has 1 heterocycles. The molecule has 33 heavy (non-hydrogen) atoms. The number of amides is 2. The van der Waals surface area contributed by atoms with Crippen LogP contribution in [0.2, 0.25) is 0 Å². The fraction of sp³-hybridized carbons (Fsp3) is 0.286. The molecule has 1 N–H and O–H groups in total. The number of carbonyl (C=O) groups excluding carboxylic acids is 2. The molecule has 2 amide bonds. The molecule has 0 saturated heterocycles. The van der Waals surface area contributed by atoms with Gasteiger partial charge in [-0.3, -0.25) is 9.59 Å². The van der Waals surface area contributed by atoms with E-state index in [0.717, 1.165) is 28.0 Å². The number of nitrogens with one attached hydrogen (secondary N) is 1. The second-order valence-corrected chi connectivity index (χ2v) is 8.69. The first kappa shape index (κ1) is 22.6. The van der Waals surface area contributed by atoms with Crippen LogP contribution in [0, 0.1) is 6.92 Å². The number of aryl methyl sites for hydroxylation is 1. The SMILES string of the molecule is CCOc1cccc(CN2C(=O)c3ccccc3C[C@]2(C)C(=O)NCc2ccccc2C)c1. The highest BCUT2D eigenvalue weighted by molar-refractivity contribution is 6.02. The minimum absolute atomic E-state index is 0.132. The molecule has 0 aromatic heterocycles. The fourth-order valence-corrected chi connectivity index (χ4v) is 4.43. The van der Waals surface area contributed by atoms with Gasteiger partial charge >= 0.3 is 0 Å². The van der Waals surface area contributed by atoms with Crippen LogP contribution in [0.3, 0.4) is 0 Å². The standard InChI is InChI=1S/C28H30N2O3/c1-4-33-24-14-9-11-21(16-24)19-30-26(31)25-15-8-7-12-22(25)17-28(30,3)27(32)29-18-23-13-6-5-10-20(23)2/h5-16H,4,17-19H2,1-3H3,(H,29,32)/t28-/m1/s1. The maximum absolute atomic E-state index is 13.6. The van der Waals surface area contributed by atoms with Crippen LogP contribution in [0.1, 0.15) is 46.5 Å². The van der Waals surface area contributed by atoms with Gasteiger partial charge in [0.05, 0.1) is 6.61 Å². The summed E-state index contributed by atoms with van der Waals surface area (Å²) in [5.41, 5.74) is 3.64. The predicted octanol–water partition coefficient (Wildman–Crippen LogP) is 4.67. The van der Waals surface area contributed by atoms with Gasteiger partial charge in [-0.1, -0.05) is 54.6 Å². The first-order chi connectivity index (χ1) is 15.9. The lowest BCUT2D eigenvalue weighted by Crippen LogP contribution is -2.62. The summed E-state index contributed by atoms with van der Waals surface area (Å²) in [5, 5.41) is 3.09. The lowest BCUT2D eigenvalue weighted by atomic mass is 9.82. The van der Waals surface area contributed by atoms with E-state index in [4.69, 9.17) is 4.74 Å². The minimum Gasteiger partial charge on any atom is -0.494 e. The van der Waals surface area contributed by atoms with E-state index in [0.29, 0.717) is 31.7 Å². The zero-order valence-corrected chi connectivity index (χ0v) is 19.4. The molecule has 1 aliphatic heterocycles. The monoisotopic (exact) mass is 442 g/mol. The fourth-order valence-electron chi connectivity index (χ4n) is 4.43. The van der Waals surface area contributed by atoms with Crippen LogP contribution in [0.15, 0.2) is 72.8 Å². The van der Waals surface area contributed by atoms with Gasteiger partial charge in [0.15, 0.2) is 0 Å². The van der Waals surface area contributed by atoms with Crippen molar-refractivity contribution in [2.24, 2.45) is 0 Å². The zero-order chi connectivity index (χ0) is 23.4. The van der Waals surface area contributed by atoms with Gasteiger partial charge in [0.2, 0.25) is 5.91 Å². The van der Waals surface area contributed by atoms with Crippen LogP contribution in [0.5, 0.6) is 5.75 Å². The lowest BCUT2D eigenvalue weighted by Gasteiger charge is -2.44. The van der Waals surface area contributed by atoms with Crippen molar-refractivity contribution < 1.29 is 14.3 Å². The molecule has 3 aromatic rings. The van der Waals surface area contributed by atoms with Gasteiger partial charge in [0.1, 0.15) is 11.3 Å². The molecule has 0 fully saturated rings. The molecule has 3 aromatic carbocycles. The smallest absolute Gasteiger partial charge is 0.255 e. The Morgan fingerprint density at radius 2 is 1.82 bits per heavy atom. The molecule has 170 valence electrons. The van der Waals surface area contributed by atoms with E-state index in [1.165, 1.54) is 0 Å². The van der Waals surface area contributed by atoms with Gasteiger partial charge in [-0.15, -0.1) is 0 Å². The first-order valence-electron chi connectivity index (χ1n) is 11.4. The molecular weight excluding hydrogens is 412 g/mol. The third-order valence-electron chi connectivity index (χ3n) is 6.36. The van der Waals surface area contributed by atoms with Crippen molar-refractivity contribution in [3.8, 4) is 5.75 Å². The van der Waals surface area contributed by atoms with E-state index >= 15 is 0 Å². The maximum atomic E-state index is 13.6. The van der Waals surface area contributed by atoms with Crippen LogP contribution in [-0.2, 0) is 24.3 Å². The third-order valence-corrected chi connectivity index (χ3v) is 6.36. The topological polar surface area (TPSA) is 58.6 Å². The van der Waals surface area contributed by atoms with E-state index in [1.807, 2.05) is 93.6 Å². The summed E-state index contributed by atoms with van der Waals surface area (Å²) in [7, 11) is 0. The summed E-state index contributed by atoms with van der Waals surface area (Å²) in [6, 6.07) is 23.3. The Morgan fingerprint density at radius 1 is 1.06 bits per heavy atom. The molecule has 0 radical (unpaired) electrons. The van der Waals surface area contributed by atoms with Crippen molar-refractivity contribution >= 4 is 11.8 Å². The van der Waals surface area contributed by atoms with Crippen molar-refractivity contribution in [1.82, 2.24) is 10.2 Å². The van der Waals surface area contributed by atoms with Crippen LogP contribution < -0.4 is 10.1 Å². The Kier molecular flexibility index (Phi) is 6.50. The van der Waals surface area contributed by atoms with E-state index in [9.17, 15) is 9.59 Å². The van der Waals surface area contributed by atoms with Crippen LogP contribution in [-0.4, -0.2) is 28.9 Å². The molecule has 0 aliphatic carbocycles. The Balaban J connectivity index is 1.65. The first-order valence-corrected chi connectivity index (χ1v) is 11.4. The second kappa shape index (κ2) is 9.49. The Hall–Kier alpha value is -3.60. The van der Waals surface area contributed by atoms with Crippen LogP contribution in [0.25, 0.3) is 0 Å². The van der Waals surface area contributed by atoms with Crippen LogP contribution in [0.4, 0.5) is 0 Å². The van der Waals surface area contributed by atoms with Gasteiger partial charge in [0.25, 0.3) is 5.91 Å². The van der Waals surface area contributed by atoms with E-state index in [-0.39, 0.29) is 11.8 Å². The summed E-state index contributed by atoms with van der Waals surface area (Å²) in [4.78, 5) is 28.9. The summed E-state index contributed by atoms with van der Waals surface area (Å²) in [6.07, 6.45) is 0.458. The third kappa shape index (κ3) is 4.63. The van der Waals surface area contributed by atoms with Crippen molar-refractivity contribution in [1.29, 1.82) is 0 Å². The number of carbonyl (C=O) groups is 2. The van der Waals surface area contributed by atoms with Gasteiger partial charge in [-0.2, -0.15) is 0 Å². The second-order valence-electron chi connectivity index (χ2n) is 8.69. The van der Waals surface area contributed by atoms with Crippen molar-refractivity contribution in [3.63, 3.8) is 0 Å². The molecule has 1 atom stereocenters. The molecule has 0 saturated carbocycles. The van der Waals surface area contributed by atoms with Gasteiger partial charge in [-0.05, 0) is 61.2 Å². The Morgan fingerprint density at radius 3 is 2.61 bits per heavy atom. The quantitative estimate of drug-likeness (QED) is 0.579. The number of benzene rings is 3. The Bertz CT molecular complexity index is 1170. The highest BCUT2D eigenvalue weighted by Gasteiger charge is 2.46. The minimum atomic E-state index is -1.02. The summed E-state index contributed by atoms with van der Waals surface area (Å²) in [5.74, 6) is 0.465. The average molecular weight is 443 g/mol. The van der Waals surface area contributed by atoms with Crippen molar-refractivity contribution in [3.05, 3.63) is 101 Å². The number of ether oxygens (including phenoxy) is 1.